The molecular weight excluding hydrogens is 188 g/mol. The van der Waals surface area contributed by atoms with E-state index in [0.717, 1.165) is 45.0 Å². The van der Waals surface area contributed by atoms with Gasteiger partial charge in [0.2, 0.25) is 0 Å². The summed E-state index contributed by atoms with van der Waals surface area (Å²) in [5.41, 5.74) is 0. The summed E-state index contributed by atoms with van der Waals surface area (Å²) < 4.78 is 5.34. The summed E-state index contributed by atoms with van der Waals surface area (Å²) in [6.07, 6.45) is 13.6. The summed E-state index contributed by atoms with van der Waals surface area (Å²) in [5, 5.41) is 0. The van der Waals surface area contributed by atoms with Crippen LogP contribution in [0.25, 0.3) is 0 Å². The van der Waals surface area contributed by atoms with Gasteiger partial charge in [0.1, 0.15) is 6.29 Å². The molecule has 0 unspecified atom stereocenters. The average molecular weight is 212 g/mol. The number of unbranched alkanes of at least 4 members (excludes halogenated alkanes) is 6. The number of hydrogen-bond donors (Lipinski definition) is 0. The SMILES string of the molecule is CCCCC=COCCCCCCC=O. The summed E-state index contributed by atoms with van der Waals surface area (Å²) in [4.78, 5) is 10.0. The van der Waals surface area contributed by atoms with Crippen molar-refractivity contribution < 1.29 is 9.53 Å². The van der Waals surface area contributed by atoms with Gasteiger partial charge in [-0.1, -0.05) is 26.2 Å². The van der Waals surface area contributed by atoms with Crippen molar-refractivity contribution in [1.82, 2.24) is 0 Å². The van der Waals surface area contributed by atoms with E-state index in [-0.39, 0.29) is 0 Å². The summed E-state index contributed by atoms with van der Waals surface area (Å²) in [5.74, 6) is 0. The van der Waals surface area contributed by atoms with E-state index in [1.54, 1.807) is 0 Å². The number of carbonyl (C=O) groups is 1. The van der Waals surface area contributed by atoms with E-state index >= 15 is 0 Å². The van der Waals surface area contributed by atoms with Crippen LogP contribution in [0.5, 0.6) is 0 Å². The lowest BCUT2D eigenvalue weighted by atomic mass is 10.2. The third-order valence-electron chi connectivity index (χ3n) is 2.25. The molecule has 0 bridgehead atoms. The molecule has 0 aliphatic heterocycles. The maximum atomic E-state index is 10.0. The van der Waals surface area contributed by atoms with Crippen LogP contribution < -0.4 is 0 Å². The van der Waals surface area contributed by atoms with Crippen LogP contribution >= 0.6 is 0 Å². The van der Waals surface area contributed by atoms with E-state index in [1.165, 1.54) is 12.8 Å². The molecular formula is C13H24O2. The molecule has 0 saturated heterocycles. The Kier molecular flexibility index (Phi) is 12.5. The molecule has 0 aliphatic rings. The van der Waals surface area contributed by atoms with Crippen molar-refractivity contribution in [3.8, 4) is 0 Å². The van der Waals surface area contributed by atoms with Crippen LogP contribution in [0.2, 0.25) is 0 Å². The van der Waals surface area contributed by atoms with Crippen LogP contribution in [-0.2, 0) is 9.53 Å². The number of allylic oxidation sites excluding steroid dienone is 1. The van der Waals surface area contributed by atoms with Gasteiger partial charge in [-0.05, 0) is 31.8 Å². The topological polar surface area (TPSA) is 26.3 Å². The first-order valence-corrected chi connectivity index (χ1v) is 6.12. The molecule has 0 radical (unpaired) electrons. The second kappa shape index (κ2) is 13.2. The molecule has 0 aromatic carbocycles. The molecule has 0 spiro atoms. The molecule has 0 aromatic rings. The summed E-state index contributed by atoms with van der Waals surface area (Å²) in [6.45, 7) is 3.00. The number of rotatable bonds is 11. The van der Waals surface area contributed by atoms with Gasteiger partial charge in [-0.2, -0.15) is 0 Å². The molecule has 0 heterocycles. The van der Waals surface area contributed by atoms with Gasteiger partial charge in [0.05, 0.1) is 12.9 Å². The van der Waals surface area contributed by atoms with E-state index in [9.17, 15) is 4.79 Å². The maximum Gasteiger partial charge on any atom is 0.119 e. The smallest absolute Gasteiger partial charge is 0.119 e. The fourth-order valence-electron chi connectivity index (χ4n) is 1.29. The third kappa shape index (κ3) is 13.2. The Morgan fingerprint density at radius 2 is 1.80 bits per heavy atom. The quantitative estimate of drug-likeness (QED) is 0.295. The predicted octanol–water partition coefficient (Wildman–Crippen LogP) is 3.86. The van der Waals surface area contributed by atoms with E-state index in [4.69, 9.17) is 4.74 Å². The number of hydrogen-bond acceptors (Lipinski definition) is 2. The fraction of sp³-hybridized carbons (Fsp3) is 0.769. The minimum atomic E-state index is 0.706. The third-order valence-corrected chi connectivity index (χ3v) is 2.25. The summed E-state index contributed by atoms with van der Waals surface area (Å²) in [7, 11) is 0. The highest BCUT2D eigenvalue weighted by atomic mass is 16.5. The largest absolute Gasteiger partial charge is 0.502 e. The number of ether oxygens (including phenoxy) is 1. The van der Waals surface area contributed by atoms with Crippen molar-refractivity contribution in [2.75, 3.05) is 6.61 Å². The van der Waals surface area contributed by atoms with Crippen LogP contribution in [0.15, 0.2) is 12.3 Å². The Morgan fingerprint density at radius 3 is 2.53 bits per heavy atom. The van der Waals surface area contributed by atoms with Crippen molar-refractivity contribution in [1.29, 1.82) is 0 Å². The van der Waals surface area contributed by atoms with Gasteiger partial charge in [-0.25, -0.2) is 0 Å². The lowest BCUT2D eigenvalue weighted by Gasteiger charge is -2.00. The molecule has 0 rings (SSSR count). The molecule has 0 saturated carbocycles. The first kappa shape index (κ1) is 14.2. The second-order valence-corrected chi connectivity index (χ2v) is 3.75. The first-order chi connectivity index (χ1) is 7.41. The van der Waals surface area contributed by atoms with E-state index in [1.807, 2.05) is 6.26 Å². The lowest BCUT2D eigenvalue weighted by Crippen LogP contribution is -1.88. The maximum absolute atomic E-state index is 10.0. The Hall–Kier alpha value is -0.790. The fourth-order valence-corrected chi connectivity index (χ4v) is 1.29. The Labute approximate surface area is 93.7 Å². The van der Waals surface area contributed by atoms with Crippen molar-refractivity contribution >= 4 is 6.29 Å². The normalized spacial score (nSPS) is 10.7. The number of aldehydes is 1. The van der Waals surface area contributed by atoms with Crippen molar-refractivity contribution in [2.45, 2.75) is 58.3 Å². The lowest BCUT2D eigenvalue weighted by molar-refractivity contribution is -0.107. The Bertz CT molecular complexity index is 153. The predicted molar refractivity (Wildman–Crippen MR) is 63.8 cm³/mol. The van der Waals surface area contributed by atoms with Gasteiger partial charge in [-0.15, -0.1) is 0 Å². The average Bonchev–Trinajstić information content (AvgIpc) is 2.26. The highest BCUT2D eigenvalue weighted by Gasteiger charge is 1.89. The number of carbonyl (C=O) groups excluding carboxylic acids is 1. The van der Waals surface area contributed by atoms with Crippen LogP contribution in [-0.4, -0.2) is 12.9 Å². The Balaban J connectivity index is 2.97. The molecule has 15 heavy (non-hydrogen) atoms. The first-order valence-electron chi connectivity index (χ1n) is 6.12. The highest BCUT2D eigenvalue weighted by Crippen LogP contribution is 2.02. The summed E-state index contributed by atoms with van der Waals surface area (Å²) in [6, 6.07) is 0. The summed E-state index contributed by atoms with van der Waals surface area (Å²) >= 11 is 0. The van der Waals surface area contributed by atoms with Crippen LogP contribution in [0.1, 0.15) is 58.3 Å². The monoisotopic (exact) mass is 212 g/mol. The molecule has 2 nitrogen and oxygen atoms in total. The molecule has 2 heteroatoms. The van der Waals surface area contributed by atoms with Crippen LogP contribution in [0.4, 0.5) is 0 Å². The zero-order valence-corrected chi connectivity index (χ0v) is 9.91. The minimum Gasteiger partial charge on any atom is -0.502 e. The Morgan fingerprint density at radius 1 is 1.00 bits per heavy atom. The zero-order chi connectivity index (χ0) is 11.2. The standard InChI is InChI=1S/C13H24O2/c1-2-3-4-9-12-15-13-10-7-5-6-8-11-14/h9,11-12H,2-8,10,13H2,1H3. The van der Waals surface area contributed by atoms with Crippen LogP contribution in [0.3, 0.4) is 0 Å². The molecule has 0 atom stereocenters. The minimum absolute atomic E-state index is 0.706. The van der Waals surface area contributed by atoms with Gasteiger partial charge in [-0.3, -0.25) is 0 Å². The molecule has 0 fully saturated rings. The van der Waals surface area contributed by atoms with Gasteiger partial charge >= 0.3 is 0 Å². The second-order valence-electron chi connectivity index (χ2n) is 3.75. The van der Waals surface area contributed by atoms with Crippen molar-refractivity contribution in [3.63, 3.8) is 0 Å². The zero-order valence-electron chi connectivity index (χ0n) is 9.91. The highest BCUT2D eigenvalue weighted by molar-refractivity contribution is 5.48. The van der Waals surface area contributed by atoms with Gasteiger partial charge < -0.3 is 9.53 Å². The van der Waals surface area contributed by atoms with Gasteiger partial charge in [0, 0.05) is 6.42 Å². The van der Waals surface area contributed by atoms with Crippen molar-refractivity contribution in [2.24, 2.45) is 0 Å². The molecule has 88 valence electrons. The van der Waals surface area contributed by atoms with E-state index in [2.05, 4.69) is 13.0 Å². The van der Waals surface area contributed by atoms with Crippen LogP contribution in [0, 0.1) is 0 Å². The molecule has 0 amide bonds. The molecule has 0 aromatic heterocycles. The molecule has 0 aliphatic carbocycles. The molecule has 0 N–H and O–H groups in total. The van der Waals surface area contributed by atoms with Gasteiger partial charge in [0.15, 0.2) is 0 Å². The van der Waals surface area contributed by atoms with E-state index in [0.29, 0.717) is 6.42 Å². The van der Waals surface area contributed by atoms with E-state index < -0.39 is 0 Å². The van der Waals surface area contributed by atoms with Crippen molar-refractivity contribution in [3.05, 3.63) is 12.3 Å². The van der Waals surface area contributed by atoms with Gasteiger partial charge in [0.25, 0.3) is 0 Å².